The van der Waals surface area contributed by atoms with E-state index in [2.05, 4.69) is 29.6 Å². The first-order valence-electron chi connectivity index (χ1n) is 11.0. The average molecular weight is 439 g/mol. The van der Waals surface area contributed by atoms with E-state index < -0.39 is 29.9 Å². The molecule has 0 radical (unpaired) electrons. The number of amides is 2. The second-order valence-electron chi connectivity index (χ2n) is 9.36. The van der Waals surface area contributed by atoms with E-state index >= 15 is 0 Å². The average Bonchev–Trinajstić information content (AvgIpc) is 3.06. The predicted octanol–water partition coefficient (Wildman–Crippen LogP) is 3.90. The molecule has 0 bridgehead atoms. The molecule has 2 amide bonds. The monoisotopic (exact) mass is 438 g/mol. The molecule has 1 aliphatic carbocycles. The summed E-state index contributed by atoms with van der Waals surface area (Å²) in [6.45, 7) is 6.14. The van der Waals surface area contributed by atoms with Crippen molar-refractivity contribution in [3.05, 3.63) is 59.7 Å². The van der Waals surface area contributed by atoms with Gasteiger partial charge in [-0.1, -0.05) is 48.5 Å². The molecule has 2 aromatic carbocycles. The fourth-order valence-electron chi connectivity index (χ4n) is 4.37. The van der Waals surface area contributed by atoms with E-state index in [0.717, 1.165) is 22.3 Å². The summed E-state index contributed by atoms with van der Waals surface area (Å²) in [5, 5.41) is 13.1. The zero-order chi connectivity index (χ0) is 22.9. The summed E-state index contributed by atoms with van der Waals surface area (Å²) in [6, 6.07) is 15.7. The van der Waals surface area contributed by atoms with Crippen LogP contribution in [0.5, 0.6) is 0 Å². The molecule has 1 heterocycles. The number of carbonyl (C=O) groups is 2. The zero-order valence-corrected chi connectivity index (χ0v) is 18.7. The third kappa shape index (κ3) is 4.72. The number of likely N-dealkylation sites (tertiary alicyclic amines) is 1. The maximum Gasteiger partial charge on any atom is 0.410 e. The fourth-order valence-corrected chi connectivity index (χ4v) is 4.37. The third-order valence-electron chi connectivity index (χ3n) is 5.87. The summed E-state index contributed by atoms with van der Waals surface area (Å²) in [7, 11) is 0. The molecule has 2 aromatic rings. The van der Waals surface area contributed by atoms with Crippen LogP contribution in [-0.4, -0.2) is 59.6 Å². The maximum atomic E-state index is 12.6. The Labute approximate surface area is 188 Å². The van der Waals surface area contributed by atoms with Gasteiger partial charge in [-0.05, 0) is 49.4 Å². The fraction of sp³-hybridized carbons (Fsp3) is 0.440. The van der Waals surface area contributed by atoms with Gasteiger partial charge in [0.05, 0.1) is 12.1 Å². The van der Waals surface area contributed by atoms with Gasteiger partial charge < -0.3 is 24.8 Å². The van der Waals surface area contributed by atoms with Crippen molar-refractivity contribution in [2.75, 3.05) is 19.7 Å². The minimum absolute atomic E-state index is 0.0392. The SMILES string of the molecule is CC(C)(C)OC(=O)N1CC[C@@H](O)[C@H](NC(=O)OCC2c3ccccc3-c3ccccc32)C1. The van der Waals surface area contributed by atoms with E-state index in [1.165, 1.54) is 4.90 Å². The molecule has 1 aliphatic heterocycles. The Morgan fingerprint density at radius 1 is 1.06 bits per heavy atom. The first kappa shape index (κ1) is 22.1. The van der Waals surface area contributed by atoms with E-state index in [1.807, 2.05) is 24.3 Å². The first-order chi connectivity index (χ1) is 15.2. The minimum atomic E-state index is -0.755. The number of hydrogen-bond donors (Lipinski definition) is 2. The van der Waals surface area contributed by atoms with E-state index in [0.29, 0.717) is 13.0 Å². The Morgan fingerprint density at radius 3 is 2.25 bits per heavy atom. The Bertz CT molecular complexity index is 954. The van der Waals surface area contributed by atoms with Crippen LogP contribution >= 0.6 is 0 Å². The number of carbonyl (C=O) groups excluding carboxylic acids is 2. The normalized spacial score (nSPS) is 20.3. The Balaban J connectivity index is 1.37. The minimum Gasteiger partial charge on any atom is -0.449 e. The summed E-state index contributed by atoms with van der Waals surface area (Å²) in [5.41, 5.74) is 3.98. The summed E-state index contributed by atoms with van der Waals surface area (Å²) in [4.78, 5) is 26.4. The second kappa shape index (κ2) is 8.82. The number of rotatable bonds is 3. The van der Waals surface area contributed by atoms with Crippen LogP contribution in [0.3, 0.4) is 0 Å². The van der Waals surface area contributed by atoms with Crippen LogP contribution in [0.15, 0.2) is 48.5 Å². The topological polar surface area (TPSA) is 88.1 Å². The largest absolute Gasteiger partial charge is 0.449 e. The Morgan fingerprint density at radius 2 is 1.66 bits per heavy atom. The lowest BCUT2D eigenvalue weighted by Gasteiger charge is -2.37. The molecule has 2 atom stereocenters. The summed E-state index contributed by atoms with van der Waals surface area (Å²) < 4.78 is 11.0. The number of hydrogen-bond acceptors (Lipinski definition) is 5. The van der Waals surface area contributed by atoms with Crippen LogP contribution in [0.25, 0.3) is 11.1 Å². The molecule has 170 valence electrons. The van der Waals surface area contributed by atoms with Gasteiger partial charge in [0.15, 0.2) is 0 Å². The van der Waals surface area contributed by atoms with Crippen molar-refractivity contribution >= 4 is 12.2 Å². The molecule has 2 aliphatic rings. The van der Waals surface area contributed by atoms with Crippen molar-refractivity contribution in [3.8, 4) is 11.1 Å². The molecule has 1 saturated heterocycles. The number of ether oxygens (including phenoxy) is 2. The molecule has 2 N–H and O–H groups in total. The van der Waals surface area contributed by atoms with Crippen molar-refractivity contribution in [1.29, 1.82) is 0 Å². The van der Waals surface area contributed by atoms with Crippen LogP contribution in [0.2, 0.25) is 0 Å². The molecule has 7 nitrogen and oxygen atoms in total. The number of alkyl carbamates (subject to hydrolysis) is 1. The Kier molecular flexibility index (Phi) is 6.11. The van der Waals surface area contributed by atoms with Crippen LogP contribution < -0.4 is 5.32 Å². The summed E-state index contributed by atoms with van der Waals surface area (Å²) >= 11 is 0. The summed E-state index contributed by atoms with van der Waals surface area (Å²) in [5.74, 6) is -0.0392. The molecular formula is C25H30N2O5. The molecule has 0 saturated carbocycles. The van der Waals surface area contributed by atoms with Crippen molar-refractivity contribution < 1.29 is 24.2 Å². The lowest BCUT2D eigenvalue weighted by molar-refractivity contribution is -0.000121. The molecule has 32 heavy (non-hydrogen) atoms. The van der Waals surface area contributed by atoms with Gasteiger partial charge in [-0.3, -0.25) is 0 Å². The quantitative estimate of drug-likeness (QED) is 0.759. The van der Waals surface area contributed by atoms with Crippen LogP contribution in [0.1, 0.15) is 44.2 Å². The lowest BCUT2D eigenvalue weighted by Crippen LogP contribution is -2.57. The van der Waals surface area contributed by atoms with E-state index in [-0.39, 0.29) is 19.1 Å². The highest BCUT2D eigenvalue weighted by Gasteiger charge is 2.34. The van der Waals surface area contributed by atoms with Crippen molar-refractivity contribution in [1.82, 2.24) is 10.2 Å². The number of benzene rings is 2. The van der Waals surface area contributed by atoms with Gasteiger partial charge in [-0.15, -0.1) is 0 Å². The predicted molar refractivity (Wildman–Crippen MR) is 120 cm³/mol. The van der Waals surface area contributed by atoms with Crippen LogP contribution in [0.4, 0.5) is 9.59 Å². The molecule has 0 spiro atoms. The highest BCUT2D eigenvalue weighted by Crippen LogP contribution is 2.44. The standard InChI is InChI=1S/C25H30N2O5/c1-25(2,3)32-24(30)27-13-12-22(28)21(14-27)26-23(29)31-15-20-18-10-6-4-8-16(18)17-9-5-7-11-19(17)20/h4-11,20-22,28H,12-15H2,1-3H3,(H,26,29)/t21-,22-/m1/s1. The number of aliphatic hydroxyl groups excluding tert-OH is 1. The van der Waals surface area contributed by atoms with Gasteiger partial charge in [0.2, 0.25) is 0 Å². The Hall–Kier alpha value is -3.06. The molecular weight excluding hydrogens is 408 g/mol. The second-order valence-corrected chi connectivity index (χ2v) is 9.36. The molecule has 4 rings (SSSR count). The molecule has 1 fully saturated rings. The molecule has 0 aromatic heterocycles. The lowest BCUT2D eigenvalue weighted by atomic mass is 9.98. The van der Waals surface area contributed by atoms with Crippen molar-refractivity contribution in [2.24, 2.45) is 0 Å². The highest BCUT2D eigenvalue weighted by molar-refractivity contribution is 5.79. The smallest absolute Gasteiger partial charge is 0.410 e. The molecule has 0 unspecified atom stereocenters. The number of fused-ring (bicyclic) bond motifs is 3. The van der Waals surface area contributed by atoms with E-state index in [9.17, 15) is 14.7 Å². The highest BCUT2D eigenvalue weighted by atomic mass is 16.6. The van der Waals surface area contributed by atoms with Gasteiger partial charge in [0, 0.05) is 19.0 Å². The van der Waals surface area contributed by atoms with E-state index in [4.69, 9.17) is 9.47 Å². The van der Waals surface area contributed by atoms with Gasteiger partial charge in [0.1, 0.15) is 12.2 Å². The maximum absolute atomic E-state index is 12.6. The van der Waals surface area contributed by atoms with Crippen LogP contribution in [0, 0.1) is 0 Å². The molecule has 7 heteroatoms. The number of aliphatic hydroxyl groups is 1. The summed E-state index contributed by atoms with van der Waals surface area (Å²) in [6.07, 6.45) is -1.46. The van der Waals surface area contributed by atoms with E-state index in [1.54, 1.807) is 20.8 Å². The van der Waals surface area contributed by atoms with Gasteiger partial charge in [-0.2, -0.15) is 0 Å². The number of nitrogens with zero attached hydrogens (tertiary/aromatic N) is 1. The van der Waals surface area contributed by atoms with Crippen LogP contribution in [-0.2, 0) is 9.47 Å². The van der Waals surface area contributed by atoms with Gasteiger partial charge in [-0.25, -0.2) is 9.59 Å². The first-order valence-corrected chi connectivity index (χ1v) is 11.0. The van der Waals surface area contributed by atoms with Gasteiger partial charge >= 0.3 is 12.2 Å². The van der Waals surface area contributed by atoms with Crippen molar-refractivity contribution in [2.45, 2.75) is 50.9 Å². The third-order valence-corrected chi connectivity index (χ3v) is 5.87. The number of nitrogens with one attached hydrogen (secondary N) is 1. The van der Waals surface area contributed by atoms with Crippen molar-refractivity contribution in [3.63, 3.8) is 0 Å². The zero-order valence-electron chi connectivity index (χ0n) is 18.7. The van der Waals surface area contributed by atoms with Gasteiger partial charge in [0.25, 0.3) is 0 Å². The number of piperidine rings is 1.